The second kappa shape index (κ2) is 7.28. The summed E-state index contributed by atoms with van der Waals surface area (Å²) in [6, 6.07) is 0. The van der Waals surface area contributed by atoms with Gasteiger partial charge in [0.2, 0.25) is 0 Å². The maximum atomic E-state index is 4.43. The third-order valence-corrected chi connectivity index (χ3v) is 2.85. The molecule has 0 aromatic carbocycles. The highest BCUT2D eigenvalue weighted by Crippen LogP contribution is 2.08. The zero-order valence-corrected chi connectivity index (χ0v) is 11.4. The minimum atomic E-state index is 0.693. The van der Waals surface area contributed by atoms with Crippen molar-refractivity contribution in [1.29, 1.82) is 0 Å². The Labute approximate surface area is 105 Å². The molecule has 0 aliphatic rings. The van der Waals surface area contributed by atoms with Crippen LogP contribution in [-0.2, 0) is 13.1 Å². The number of aryl methyl sites for hydroxylation is 1. The maximum absolute atomic E-state index is 4.43. The highest BCUT2D eigenvalue weighted by molar-refractivity contribution is 5.15. The van der Waals surface area contributed by atoms with Crippen LogP contribution >= 0.6 is 0 Å². The van der Waals surface area contributed by atoms with E-state index in [1.165, 1.54) is 11.3 Å². The fourth-order valence-electron chi connectivity index (χ4n) is 1.77. The Morgan fingerprint density at radius 2 is 2.29 bits per heavy atom. The minimum absolute atomic E-state index is 0.693. The molecule has 0 amide bonds. The van der Waals surface area contributed by atoms with E-state index in [9.17, 15) is 0 Å². The van der Waals surface area contributed by atoms with Crippen LogP contribution in [-0.4, -0.2) is 16.3 Å². The number of allylic oxidation sites excluding steroid dienone is 1. The van der Waals surface area contributed by atoms with Gasteiger partial charge in [0.05, 0.1) is 6.20 Å². The van der Waals surface area contributed by atoms with Gasteiger partial charge in [0, 0.05) is 24.3 Å². The molecule has 0 saturated carbocycles. The zero-order valence-electron chi connectivity index (χ0n) is 11.4. The zero-order chi connectivity index (χ0) is 12.7. The van der Waals surface area contributed by atoms with Gasteiger partial charge in [0.1, 0.15) is 0 Å². The van der Waals surface area contributed by atoms with Crippen LogP contribution in [0.5, 0.6) is 0 Å². The molecule has 0 aliphatic carbocycles. The summed E-state index contributed by atoms with van der Waals surface area (Å²) < 4.78 is 2.09. The molecular weight excluding hydrogens is 210 g/mol. The summed E-state index contributed by atoms with van der Waals surface area (Å²) in [7, 11) is 0. The molecule has 0 spiro atoms. The van der Waals surface area contributed by atoms with Gasteiger partial charge in [-0.25, -0.2) is 0 Å². The van der Waals surface area contributed by atoms with Crippen molar-refractivity contribution in [2.75, 3.05) is 6.54 Å². The molecule has 1 aromatic rings. The van der Waals surface area contributed by atoms with Gasteiger partial charge in [-0.05, 0) is 32.2 Å². The molecule has 1 heterocycles. The molecule has 0 unspecified atom stereocenters. The first-order valence-electron chi connectivity index (χ1n) is 6.48. The lowest BCUT2D eigenvalue weighted by molar-refractivity contribution is 0.547. The normalized spacial score (nSPS) is 11.1. The summed E-state index contributed by atoms with van der Waals surface area (Å²) in [5, 5.41) is 7.88. The summed E-state index contributed by atoms with van der Waals surface area (Å²) in [5.74, 6) is 0.693. The van der Waals surface area contributed by atoms with Crippen LogP contribution in [0.2, 0.25) is 0 Å². The number of aromatic nitrogens is 2. The first kappa shape index (κ1) is 14.0. The molecule has 0 aliphatic heterocycles. The third kappa shape index (κ3) is 4.73. The van der Waals surface area contributed by atoms with Crippen molar-refractivity contribution >= 4 is 0 Å². The highest BCUT2D eigenvalue weighted by Gasteiger charge is 2.05. The van der Waals surface area contributed by atoms with Crippen LogP contribution in [0.4, 0.5) is 0 Å². The van der Waals surface area contributed by atoms with Crippen molar-refractivity contribution in [3.63, 3.8) is 0 Å². The van der Waals surface area contributed by atoms with E-state index in [1.54, 1.807) is 0 Å². The molecule has 1 aromatic heterocycles. The average Bonchev–Trinajstić information content (AvgIpc) is 2.61. The van der Waals surface area contributed by atoms with Gasteiger partial charge < -0.3 is 5.32 Å². The van der Waals surface area contributed by atoms with Crippen LogP contribution in [0.25, 0.3) is 0 Å². The Morgan fingerprint density at radius 3 is 2.94 bits per heavy atom. The summed E-state index contributed by atoms with van der Waals surface area (Å²) in [6.07, 6.45) is 6.12. The number of nitrogens with zero attached hydrogens (tertiary/aromatic N) is 2. The second-order valence-electron chi connectivity index (χ2n) is 4.93. The van der Waals surface area contributed by atoms with E-state index in [0.29, 0.717) is 5.92 Å². The van der Waals surface area contributed by atoms with Crippen molar-refractivity contribution in [3.05, 3.63) is 30.1 Å². The number of nitrogens with one attached hydrogen (secondary N) is 1. The molecule has 1 N–H and O–H groups in total. The largest absolute Gasteiger partial charge is 0.312 e. The molecule has 0 fully saturated rings. The van der Waals surface area contributed by atoms with Crippen LogP contribution in [0.1, 0.15) is 37.9 Å². The van der Waals surface area contributed by atoms with Gasteiger partial charge in [-0.1, -0.05) is 19.9 Å². The molecule has 0 atom stereocenters. The van der Waals surface area contributed by atoms with Gasteiger partial charge in [-0.3, -0.25) is 4.68 Å². The van der Waals surface area contributed by atoms with E-state index in [0.717, 1.165) is 32.5 Å². The standard InChI is InChI=1S/C14H25N3/c1-5-6-7-8-17-13(4)14(11-16-17)10-15-9-12(2)3/h5,11-12,15H,1,6-10H2,2-4H3. The molecule has 0 bridgehead atoms. The van der Waals surface area contributed by atoms with Gasteiger partial charge in [-0.15, -0.1) is 6.58 Å². The fraction of sp³-hybridized carbons (Fsp3) is 0.643. The average molecular weight is 235 g/mol. The Balaban J connectivity index is 2.43. The Kier molecular flexibility index (Phi) is 5.98. The number of rotatable bonds is 8. The highest BCUT2D eigenvalue weighted by atomic mass is 15.3. The third-order valence-electron chi connectivity index (χ3n) is 2.85. The molecule has 96 valence electrons. The quantitative estimate of drug-likeness (QED) is 0.554. The lowest BCUT2D eigenvalue weighted by Gasteiger charge is -2.07. The maximum Gasteiger partial charge on any atom is 0.0537 e. The van der Waals surface area contributed by atoms with Crippen LogP contribution in [0.15, 0.2) is 18.9 Å². The van der Waals surface area contributed by atoms with Gasteiger partial charge in [-0.2, -0.15) is 5.10 Å². The van der Waals surface area contributed by atoms with Gasteiger partial charge >= 0.3 is 0 Å². The van der Waals surface area contributed by atoms with Gasteiger partial charge in [0.15, 0.2) is 0 Å². The monoisotopic (exact) mass is 235 g/mol. The number of hydrogen-bond acceptors (Lipinski definition) is 2. The summed E-state index contributed by atoms with van der Waals surface area (Å²) in [6.45, 7) is 13.3. The molecule has 1 rings (SSSR count). The molecule has 0 radical (unpaired) electrons. The van der Waals surface area contributed by atoms with Gasteiger partial charge in [0.25, 0.3) is 0 Å². The van der Waals surface area contributed by atoms with E-state index >= 15 is 0 Å². The van der Waals surface area contributed by atoms with E-state index in [4.69, 9.17) is 0 Å². The van der Waals surface area contributed by atoms with Crippen LogP contribution in [0, 0.1) is 12.8 Å². The first-order valence-corrected chi connectivity index (χ1v) is 6.48. The number of hydrogen-bond donors (Lipinski definition) is 1. The SMILES string of the molecule is C=CCCCn1ncc(CNCC(C)C)c1C. The van der Waals surface area contributed by atoms with Crippen LogP contribution in [0.3, 0.4) is 0 Å². The summed E-state index contributed by atoms with van der Waals surface area (Å²) in [5.41, 5.74) is 2.59. The Hall–Kier alpha value is -1.09. The van der Waals surface area contributed by atoms with Crippen molar-refractivity contribution in [1.82, 2.24) is 15.1 Å². The first-order chi connectivity index (χ1) is 8.15. The minimum Gasteiger partial charge on any atom is -0.312 e. The van der Waals surface area contributed by atoms with Crippen molar-refractivity contribution < 1.29 is 0 Å². The fourth-order valence-corrected chi connectivity index (χ4v) is 1.77. The van der Waals surface area contributed by atoms with E-state index in [2.05, 4.69) is 42.4 Å². The summed E-state index contributed by atoms with van der Waals surface area (Å²) >= 11 is 0. The lowest BCUT2D eigenvalue weighted by atomic mass is 10.2. The molecule has 3 nitrogen and oxygen atoms in total. The summed E-state index contributed by atoms with van der Waals surface area (Å²) in [4.78, 5) is 0. The van der Waals surface area contributed by atoms with Crippen molar-refractivity contribution in [3.8, 4) is 0 Å². The molecule has 3 heteroatoms. The molecule has 17 heavy (non-hydrogen) atoms. The Bertz CT molecular complexity index is 339. The number of unbranched alkanes of at least 4 members (excludes halogenated alkanes) is 1. The predicted molar refractivity (Wildman–Crippen MR) is 72.9 cm³/mol. The van der Waals surface area contributed by atoms with Crippen molar-refractivity contribution in [2.45, 2.75) is 46.7 Å². The van der Waals surface area contributed by atoms with E-state index in [1.807, 2.05) is 12.3 Å². The molecule has 0 saturated heterocycles. The lowest BCUT2D eigenvalue weighted by Crippen LogP contribution is -2.19. The second-order valence-corrected chi connectivity index (χ2v) is 4.93. The topological polar surface area (TPSA) is 29.9 Å². The van der Waals surface area contributed by atoms with E-state index in [-0.39, 0.29) is 0 Å². The predicted octanol–water partition coefficient (Wildman–Crippen LogP) is 2.90. The van der Waals surface area contributed by atoms with Crippen LogP contribution < -0.4 is 5.32 Å². The van der Waals surface area contributed by atoms with E-state index < -0.39 is 0 Å². The Morgan fingerprint density at radius 1 is 1.53 bits per heavy atom. The molecular formula is C14H25N3. The van der Waals surface area contributed by atoms with Crippen molar-refractivity contribution in [2.24, 2.45) is 5.92 Å². The smallest absolute Gasteiger partial charge is 0.0537 e.